The van der Waals surface area contributed by atoms with Crippen molar-refractivity contribution in [1.82, 2.24) is 10.2 Å². The van der Waals surface area contributed by atoms with E-state index in [1.54, 1.807) is 6.92 Å². The van der Waals surface area contributed by atoms with Crippen LogP contribution in [-0.2, 0) is 22.4 Å². The van der Waals surface area contributed by atoms with Crippen molar-refractivity contribution in [2.45, 2.75) is 39.2 Å². The summed E-state index contributed by atoms with van der Waals surface area (Å²) < 4.78 is 16.6. The van der Waals surface area contributed by atoms with Gasteiger partial charge in [0.2, 0.25) is 5.89 Å². The molecule has 1 atom stereocenters. The van der Waals surface area contributed by atoms with Crippen LogP contribution in [0.15, 0.2) is 46.9 Å². The Labute approximate surface area is 163 Å². The smallest absolute Gasteiger partial charge is 0.344 e. The van der Waals surface area contributed by atoms with Gasteiger partial charge >= 0.3 is 5.97 Å². The maximum absolute atomic E-state index is 12.1. The first-order valence-corrected chi connectivity index (χ1v) is 9.43. The van der Waals surface area contributed by atoms with Crippen LogP contribution in [0.3, 0.4) is 0 Å². The van der Waals surface area contributed by atoms with E-state index in [4.69, 9.17) is 13.9 Å². The molecule has 1 aliphatic carbocycles. The third-order valence-electron chi connectivity index (χ3n) is 4.82. The van der Waals surface area contributed by atoms with Crippen LogP contribution in [0.4, 0.5) is 0 Å². The van der Waals surface area contributed by atoms with Crippen molar-refractivity contribution < 1.29 is 18.7 Å². The van der Waals surface area contributed by atoms with E-state index in [1.807, 2.05) is 43.3 Å². The average molecular weight is 378 g/mol. The highest BCUT2D eigenvalue weighted by Crippen LogP contribution is 2.26. The van der Waals surface area contributed by atoms with Crippen LogP contribution in [0.1, 0.15) is 42.0 Å². The van der Waals surface area contributed by atoms with Crippen molar-refractivity contribution in [2.24, 2.45) is 0 Å². The number of aryl methyl sites for hydroxylation is 3. The molecule has 6 heteroatoms. The lowest BCUT2D eigenvalue weighted by atomic mass is 10.1. The summed E-state index contributed by atoms with van der Waals surface area (Å²) in [5.41, 5.74) is 4.63. The van der Waals surface area contributed by atoms with E-state index in [9.17, 15) is 4.79 Å². The van der Waals surface area contributed by atoms with Crippen LogP contribution in [0.25, 0.3) is 11.5 Å². The number of benzene rings is 2. The Morgan fingerprint density at radius 1 is 1.11 bits per heavy atom. The molecule has 0 N–H and O–H groups in total. The Morgan fingerprint density at radius 2 is 1.89 bits per heavy atom. The number of carbonyl (C=O) groups is 1. The molecule has 28 heavy (non-hydrogen) atoms. The lowest BCUT2D eigenvalue weighted by Crippen LogP contribution is -2.17. The molecule has 1 heterocycles. The van der Waals surface area contributed by atoms with Crippen LogP contribution >= 0.6 is 0 Å². The molecule has 3 aromatic rings. The third-order valence-corrected chi connectivity index (χ3v) is 4.82. The lowest BCUT2D eigenvalue weighted by Gasteiger charge is -2.11. The molecule has 0 unspecified atom stereocenters. The number of rotatable bonds is 6. The van der Waals surface area contributed by atoms with Gasteiger partial charge in [-0.05, 0) is 68.5 Å². The zero-order valence-corrected chi connectivity index (χ0v) is 16.0. The van der Waals surface area contributed by atoms with Gasteiger partial charge in [-0.1, -0.05) is 23.8 Å². The molecule has 0 aliphatic heterocycles. The van der Waals surface area contributed by atoms with Crippen molar-refractivity contribution in [2.75, 3.05) is 6.61 Å². The van der Waals surface area contributed by atoms with Gasteiger partial charge in [0.25, 0.3) is 5.89 Å². The van der Waals surface area contributed by atoms with E-state index in [0.717, 1.165) is 24.0 Å². The van der Waals surface area contributed by atoms with Gasteiger partial charge in [-0.2, -0.15) is 0 Å². The molecule has 6 nitrogen and oxygen atoms in total. The van der Waals surface area contributed by atoms with Gasteiger partial charge in [-0.25, -0.2) is 4.79 Å². The van der Waals surface area contributed by atoms with E-state index in [1.165, 1.54) is 17.5 Å². The van der Waals surface area contributed by atoms with Crippen LogP contribution in [0.5, 0.6) is 5.75 Å². The highest BCUT2D eigenvalue weighted by atomic mass is 16.6. The SMILES string of the molecule is Cc1ccc(-c2nnc([C@H](C)OC(=O)COc3ccc4c(c3)CCC4)o2)cc1. The Morgan fingerprint density at radius 3 is 2.71 bits per heavy atom. The number of nitrogens with zero attached hydrogens (tertiary/aromatic N) is 2. The predicted octanol–water partition coefficient (Wildman–Crippen LogP) is 4.22. The molecule has 0 fully saturated rings. The number of hydrogen-bond acceptors (Lipinski definition) is 6. The zero-order chi connectivity index (χ0) is 19.5. The summed E-state index contributed by atoms with van der Waals surface area (Å²) in [6.45, 7) is 3.54. The lowest BCUT2D eigenvalue weighted by molar-refractivity contribution is -0.152. The van der Waals surface area contributed by atoms with E-state index in [-0.39, 0.29) is 12.5 Å². The number of esters is 1. The Bertz CT molecular complexity index is 978. The van der Waals surface area contributed by atoms with Gasteiger partial charge in [0, 0.05) is 5.56 Å². The molecule has 144 valence electrons. The molecular weight excluding hydrogens is 356 g/mol. The number of ether oxygens (including phenoxy) is 2. The predicted molar refractivity (Wildman–Crippen MR) is 103 cm³/mol. The van der Waals surface area contributed by atoms with Gasteiger partial charge in [-0.15, -0.1) is 10.2 Å². The third kappa shape index (κ3) is 4.06. The summed E-state index contributed by atoms with van der Waals surface area (Å²) in [5.74, 6) is 0.849. The van der Waals surface area contributed by atoms with E-state index in [2.05, 4.69) is 16.3 Å². The second-order valence-electron chi connectivity index (χ2n) is 7.02. The van der Waals surface area contributed by atoms with Crippen LogP contribution in [0, 0.1) is 6.92 Å². The van der Waals surface area contributed by atoms with Crippen molar-refractivity contribution in [3.63, 3.8) is 0 Å². The van der Waals surface area contributed by atoms with Crippen LogP contribution in [-0.4, -0.2) is 22.8 Å². The largest absolute Gasteiger partial charge is 0.482 e. The average Bonchev–Trinajstić information content (AvgIpc) is 3.36. The van der Waals surface area contributed by atoms with Gasteiger partial charge in [-0.3, -0.25) is 0 Å². The first kappa shape index (κ1) is 18.2. The summed E-state index contributed by atoms with van der Waals surface area (Å²) >= 11 is 0. The summed E-state index contributed by atoms with van der Waals surface area (Å²) in [6, 6.07) is 13.7. The normalized spacial score (nSPS) is 13.8. The highest BCUT2D eigenvalue weighted by molar-refractivity contribution is 5.71. The Kier molecular flexibility index (Phi) is 5.10. The number of fused-ring (bicyclic) bond motifs is 1. The summed E-state index contributed by atoms with van der Waals surface area (Å²) in [4.78, 5) is 12.1. The molecule has 0 radical (unpaired) electrons. The topological polar surface area (TPSA) is 74.5 Å². The molecule has 0 spiro atoms. The van der Waals surface area contributed by atoms with Gasteiger partial charge in [0.1, 0.15) is 5.75 Å². The molecule has 1 aliphatic rings. The van der Waals surface area contributed by atoms with Gasteiger partial charge in [0.05, 0.1) is 0 Å². The van der Waals surface area contributed by atoms with Crippen LogP contribution < -0.4 is 4.74 Å². The second-order valence-corrected chi connectivity index (χ2v) is 7.02. The first-order valence-electron chi connectivity index (χ1n) is 9.43. The van der Waals surface area contributed by atoms with Crippen molar-refractivity contribution in [3.8, 4) is 17.2 Å². The minimum Gasteiger partial charge on any atom is -0.482 e. The van der Waals surface area contributed by atoms with Gasteiger partial charge < -0.3 is 13.9 Å². The summed E-state index contributed by atoms with van der Waals surface area (Å²) in [5, 5.41) is 8.02. The van der Waals surface area contributed by atoms with Crippen molar-refractivity contribution in [1.29, 1.82) is 0 Å². The monoisotopic (exact) mass is 378 g/mol. The van der Waals surface area contributed by atoms with Crippen molar-refractivity contribution >= 4 is 5.97 Å². The minimum absolute atomic E-state index is 0.165. The van der Waals surface area contributed by atoms with Crippen molar-refractivity contribution in [3.05, 3.63) is 65.0 Å². The Balaban J connectivity index is 1.32. The number of aromatic nitrogens is 2. The molecule has 0 amide bonds. The molecule has 0 bridgehead atoms. The Hall–Kier alpha value is -3.15. The second kappa shape index (κ2) is 7.84. The van der Waals surface area contributed by atoms with E-state index >= 15 is 0 Å². The summed E-state index contributed by atoms with van der Waals surface area (Å²) in [6.07, 6.45) is 2.70. The molecule has 2 aromatic carbocycles. The number of carbonyl (C=O) groups excluding carboxylic acids is 1. The first-order chi connectivity index (χ1) is 13.6. The maximum atomic E-state index is 12.1. The standard InChI is InChI=1S/C22H22N2O4/c1-14-6-8-17(9-7-14)22-24-23-21(28-22)15(2)27-20(25)13-26-19-11-10-16-4-3-5-18(16)12-19/h6-12,15H,3-5,13H2,1-2H3/t15-/m0/s1. The fourth-order valence-electron chi connectivity index (χ4n) is 3.27. The minimum atomic E-state index is -0.650. The fourth-order valence-corrected chi connectivity index (χ4v) is 3.27. The van der Waals surface area contributed by atoms with Crippen LogP contribution in [0.2, 0.25) is 0 Å². The maximum Gasteiger partial charge on any atom is 0.344 e. The van der Waals surface area contributed by atoms with E-state index in [0.29, 0.717) is 11.6 Å². The fraction of sp³-hybridized carbons (Fsp3) is 0.318. The quantitative estimate of drug-likeness (QED) is 0.598. The zero-order valence-electron chi connectivity index (χ0n) is 16.0. The highest BCUT2D eigenvalue weighted by Gasteiger charge is 2.19. The molecule has 0 saturated heterocycles. The molecule has 4 rings (SSSR count). The van der Waals surface area contributed by atoms with Gasteiger partial charge in [0.15, 0.2) is 12.7 Å². The van der Waals surface area contributed by atoms with E-state index < -0.39 is 12.1 Å². The molecule has 1 aromatic heterocycles. The summed E-state index contributed by atoms with van der Waals surface area (Å²) in [7, 11) is 0. The molecular formula is C22H22N2O4. The number of hydrogen-bond donors (Lipinski definition) is 0. The molecule has 0 saturated carbocycles.